The Bertz CT molecular complexity index is 507. The van der Waals surface area contributed by atoms with Crippen molar-refractivity contribution in [3.8, 4) is 17.9 Å². The van der Waals surface area contributed by atoms with E-state index in [0.717, 1.165) is 16.0 Å². The molecule has 0 heterocycles. The third-order valence-corrected chi connectivity index (χ3v) is 6.20. The van der Waals surface area contributed by atoms with Crippen molar-refractivity contribution in [1.82, 2.24) is 0 Å². The Labute approximate surface area is 137 Å². The van der Waals surface area contributed by atoms with Gasteiger partial charge in [-0.2, -0.15) is 10.5 Å². The molecule has 0 N–H and O–H groups in total. The third kappa shape index (κ3) is 4.21. The van der Waals surface area contributed by atoms with Gasteiger partial charge in [0.25, 0.3) is 0 Å². The smallest absolute Gasteiger partial charge is 0.120 e. The predicted molar refractivity (Wildman–Crippen MR) is 85.2 cm³/mol. The van der Waals surface area contributed by atoms with E-state index < -0.39 is 0 Å². The lowest BCUT2D eigenvalue weighted by Crippen LogP contribution is -2.34. The summed E-state index contributed by atoms with van der Waals surface area (Å²) in [6.07, 6.45) is 0. The molecule has 100 valence electrons. The number of alkyl halides is 3. The van der Waals surface area contributed by atoms with E-state index in [1.165, 1.54) is 0 Å². The monoisotopic (exact) mass is 448 g/mol. The van der Waals surface area contributed by atoms with Crippen molar-refractivity contribution in [2.45, 2.75) is 0 Å². The van der Waals surface area contributed by atoms with E-state index in [9.17, 15) is 0 Å². The minimum atomic E-state index is -0.0549. The van der Waals surface area contributed by atoms with Gasteiger partial charge < -0.3 is 4.74 Å². The molecule has 0 radical (unpaired) electrons. The third-order valence-electron chi connectivity index (χ3n) is 2.63. The number of hydrogen-bond acceptors (Lipinski definition) is 3. The Morgan fingerprint density at radius 2 is 1.58 bits per heavy atom. The molecule has 0 aliphatic heterocycles. The Kier molecular flexibility index (Phi) is 6.85. The molecule has 6 heteroatoms. The molecule has 0 amide bonds. The second kappa shape index (κ2) is 7.89. The summed E-state index contributed by atoms with van der Waals surface area (Å²) >= 11 is 10.4. The minimum Gasteiger partial charge on any atom is -0.493 e. The van der Waals surface area contributed by atoms with E-state index in [1.807, 2.05) is 12.1 Å². The van der Waals surface area contributed by atoms with Gasteiger partial charge in [-0.05, 0) is 18.2 Å². The van der Waals surface area contributed by atoms with Crippen molar-refractivity contribution in [2.24, 2.45) is 5.41 Å². The van der Waals surface area contributed by atoms with Crippen molar-refractivity contribution in [1.29, 1.82) is 10.5 Å². The lowest BCUT2D eigenvalue weighted by atomic mass is 9.98. The van der Waals surface area contributed by atoms with E-state index in [2.05, 4.69) is 47.8 Å². The Hall–Kier alpha value is -0.560. The van der Waals surface area contributed by atoms with Gasteiger partial charge in [-0.3, -0.25) is 0 Å². The summed E-state index contributed by atoms with van der Waals surface area (Å²) in [4.78, 5) is 0. The van der Waals surface area contributed by atoms with Crippen molar-refractivity contribution in [3.63, 3.8) is 0 Å². The van der Waals surface area contributed by atoms with Crippen LogP contribution < -0.4 is 4.74 Å². The van der Waals surface area contributed by atoms with Gasteiger partial charge in [0.15, 0.2) is 0 Å². The van der Waals surface area contributed by atoms with Crippen molar-refractivity contribution < 1.29 is 4.74 Å². The second-order valence-electron chi connectivity index (χ2n) is 4.12. The fourth-order valence-electron chi connectivity index (χ4n) is 1.26. The van der Waals surface area contributed by atoms with Crippen molar-refractivity contribution >= 4 is 47.8 Å². The van der Waals surface area contributed by atoms with Crippen molar-refractivity contribution in [3.05, 3.63) is 29.3 Å². The quantitative estimate of drug-likeness (QED) is 0.616. The standard InChI is InChI=1S/C13H11Br3N2O/c14-6-13(7-15,8-16)9-19-12-2-1-10(4-17)11(3-12)5-18/h1-3H,6-9H2. The minimum absolute atomic E-state index is 0.0549. The number of nitrogens with zero attached hydrogens (tertiary/aromatic N) is 2. The zero-order valence-corrected chi connectivity index (χ0v) is 14.8. The molecule has 0 spiro atoms. The Morgan fingerprint density at radius 3 is 2.05 bits per heavy atom. The fourth-order valence-corrected chi connectivity index (χ4v) is 4.53. The first-order chi connectivity index (χ1) is 9.14. The molecule has 0 fully saturated rings. The summed E-state index contributed by atoms with van der Waals surface area (Å²) < 4.78 is 5.74. The topological polar surface area (TPSA) is 56.8 Å². The van der Waals surface area contributed by atoms with Crippen LogP contribution in [0.1, 0.15) is 11.1 Å². The fraction of sp³-hybridized carbons (Fsp3) is 0.385. The molecule has 0 atom stereocenters. The van der Waals surface area contributed by atoms with Crippen LogP contribution in [0.25, 0.3) is 0 Å². The number of benzene rings is 1. The zero-order valence-electron chi connectivity index (χ0n) is 10.00. The highest BCUT2D eigenvalue weighted by Crippen LogP contribution is 2.27. The van der Waals surface area contributed by atoms with Gasteiger partial charge in [0.2, 0.25) is 0 Å². The van der Waals surface area contributed by atoms with Gasteiger partial charge in [-0.15, -0.1) is 0 Å². The number of ether oxygens (including phenoxy) is 1. The molecule has 19 heavy (non-hydrogen) atoms. The highest BCUT2D eigenvalue weighted by Gasteiger charge is 2.27. The first kappa shape index (κ1) is 16.5. The zero-order chi connectivity index (χ0) is 14.3. The van der Waals surface area contributed by atoms with E-state index >= 15 is 0 Å². The van der Waals surface area contributed by atoms with Crippen LogP contribution in [0.5, 0.6) is 5.75 Å². The van der Waals surface area contributed by atoms with Crippen LogP contribution in [0.2, 0.25) is 0 Å². The summed E-state index contributed by atoms with van der Waals surface area (Å²) in [5, 5.41) is 20.2. The van der Waals surface area contributed by atoms with Gasteiger partial charge in [0.1, 0.15) is 17.9 Å². The summed E-state index contributed by atoms with van der Waals surface area (Å²) in [7, 11) is 0. The Morgan fingerprint density at radius 1 is 1.00 bits per heavy atom. The Balaban J connectivity index is 2.85. The average molecular weight is 451 g/mol. The van der Waals surface area contributed by atoms with Crippen LogP contribution in [-0.4, -0.2) is 22.6 Å². The van der Waals surface area contributed by atoms with Gasteiger partial charge >= 0.3 is 0 Å². The molecule has 0 aromatic heterocycles. The molecule has 0 aliphatic carbocycles. The predicted octanol–water partition coefficient (Wildman–Crippen LogP) is 3.98. The number of rotatable bonds is 6. The van der Waals surface area contributed by atoms with Crippen molar-refractivity contribution in [2.75, 3.05) is 22.6 Å². The highest BCUT2D eigenvalue weighted by atomic mass is 79.9. The molecule has 1 rings (SSSR count). The van der Waals surface area contributed by atoms with Crippen LogP contribution in [0.15, 0.2) is 18.2 Å². The van der Waals surface area contributed by atoms with Gasteiger partial charge in [0.05, 0.1) is 17.7 Å². The summed E-state index contributed by atoms with van der Waals surface area (Å²) in [5.74, 6) is 0.600. The summed E-state index contributed by atoms with van der Waals surface area (Å²) in [5.41, 5.74) is 0.644. The maximum Gasteiger partial charge on any atom is 0.120 e. The van der Waals surface area contributed by atoms with Crippen LogP contribution in [-0.2, 0) is 0 Å². The van der Waals surface area contributed by atoms with E-state index in [1.54, 1.807) is 18.2 Å². The SMILES string of the molecule is N#Cc1ccc(OCC(CBr)(CBr)CBr)cc1C#N. The maximum absolute atomic E-state index is 8.96. The van der Waals surface area contributed by atoms with E-state index in [0.29, 0.717) is 23.5 Å². The van der Waals surface area contributed by atoms with Crippen LogP contribution in [0, 0.1) is 28.1 Å². The highest BCUT2D eigenvalue weighted by molar-refractivity contribution is 9.10. The molecule has 0 unspecified atom stereocenters. The first-order valence-electron chi connectivity index (χ1n) is 5.39. The molecular weight excluding hydrogens is 440 g/mol. The number of halogens is 3. The summed E-state index contributed by atoms with van der Waals surface area (Å²) in [6, 6.07) is 8.88. The molecule has 0 saturated carbocycles. The molecule has 0 saturated heterocycles. The molecule has 3 nitrogen and oxygen atoms in total. The normalized spacial score (nSPS) is 10.6. The van der Waals surface area contributed by atoms with E-state index in [-0.39, 0.29) is 5.41 Å². The van der Waals surface area contributed by atoms with Crippen LogP contribution >= 0.6 is 47.8 Å². The molecular formula is C13H11Br3N2O. The lowest BCUT2D eigenvalue weighted by Gasteiger charge is -2.27. The summed E-state index contributed by atoms with van der Waals surface area (Å²) in [6.45, 7) is 0.505. The molecule has 0 aliphatic rings. The van der Waals surface area contributed by atoms with Crippen LogP contribution in [0.4, 0.5) is 0 Å². The van der Waals surface area contributed by atoms with Gasteiger partial charge in [-0.1, -0.05) is 47.8 Å². The average Bonchev–Trinajstić information content (AvgIpc) is 2.49. The largest absolute Gasteiger partial charge is 0.493 e. The van der Waals surface area contributed by atoms with E-state index in [4.69, 9.17) is 15.3 Å². The van der Waals surface area contributed by atoms with Crippen LogP contribution in [0.3, 0.4) is 0 Å². The maximum atomic E-state index is 8.96. The van der Waals surface area contributed by atoms with Gasteiger partial charge in [-0.25, -0.2) is 0 Å². The number of nitriles is 2. The molecule has 1 aromatic rings. The second-order valence-corrected chi connectivity index (χ2v) is 5.80. The first-order valence-corrected chi connectivity index (χ1v) is 8.76. The van der Waals surface area contributed by atoms with Gasteiger partial charge in [0, 0.05) is 21.4 Å². The molecule has 0 bridgehead atoms. The lowest BCUT2D eigenvalue weighted by molar-refractivity contribution is 0.213. The molecule has 1 aromatic carbocycles. The number of hydrogen-bond donors (Lipinski definition) is 0.